The maximum absolute atomic E-state index is 13.3. The monoisotopic (exact) mass is 453 g/mol. The average Bonchev–Trinajstić information content (AvgIpc) is 3.08. The van der Waals surface area contributed by atoms with Gasteiger partial charge in [-0.1, -0.05) is 29.8 Å². The van der Waals surface area contributed by atoms with E-state index in [0.717, 1.165) is 10.4 Å². The normalized spacial score (nSPS) is 11.4. The Kier molecular flexibility index (Phi) is 6.96. The zero-order chi connectivity index (χ0) is 20.9. The summed E-state index contributed by atoms with van der Waals surface area (Å²) in [5.41, 5.74) is 0.807. The maximum Gasteiger partial charge on any atom is 0.240 e. The van der Waals surface area contributed by atoms with Crippen molar-refractivity contribution in [1.29, 1.82) is 0 Å². The fraction of sp³-hybridized carbons (Fsp3) is 0.158. The van der Waals surface area contributed by atoms with Gasteiger partial charge in [0.15, 0.2) is 5.13 Å². The van der Waals surface area contributed by atoms with E-state index in [1.165, 1.54) is 41.7 Å². The first-order valence-electron chi connectivity index (χ1n) is 8.56. The van der Waals surface area contributed by atoms with Crippen molar-refractivity contribution in [2.75, 3.05) is 11.9 Å². The molecule has 0 atom stereocenters. The molecule has 0 aliphatic carbocycles. The highest BCUT2D eigenvalue weighted by Gasteiger charge is 2.15. The molecule has 2 aromatic carbocycles. The van der Waals surface area contributed by atoms with E-state index in [9.17, 15) is 17.6 Å². The van der Waals surface area contributed by atoms with Crippen molar-refractivity contribution < 1.29 is 17.6 Å². The number of nitrogens with zero attached hydrogens (tertiary/aromatic N) is 1. The largest absolute Gasteiger partial charge is 0.302 e. The molecule has 0 saturated heterocycles. The van der Waals surface area contributed by atoms with Crippen LogP contribution in [0.25, 0.3) is 0 Å². The summed E-state index contributed by atoms with van der Waals surface area (Å²) in [6.07, 6.45) is 2.07. The van der Waals surface area contributed by atoms with Crippen LogP contribution in [0.5, 0.6) is 0 Å². The number of thiazole rings is 1. The van der Waals surface area contributed by atoms with Gasteiger partial charge in [-0.3, -0.25) is 4.79 Å². The Labute approximate surface area is 176 Å². The van der Waals surface area contributed by atoms with E-state index in [1.54, 1.807) is 18.3 Å². The van der Waals surface area contributed by atoms with Gasteiger partial charge in [-0.2, -0.15) is 0 Å². The fourth-order valence-electron chi connectivity index (χ4n) is 2.49. The molecule has 0 fully saturated rings. The molecule has 0 bridgehead atoms. The van der Waals surface area contributed by atoms with Gasteiger partial charge in [-0.15, -0.1) is 11.3 Å². The van der Waals surface area contributed by atoms with Gasteiger partial charge in [0.05, 0.1) is 4.90 Å². The van der Waals surface area contributed by atoms with Crippen molar-refractivity contribution in [3.8, 4) is 0 Å². The van der Waals surface area contributed by atoms with Crippen LogP contribution in [-0.4, -0.2) is 25.9 Å². The molecule has 2 N–H and O–H groups in total. The lowest BCUT2D eigenvalue weighted by Gasteiger charge is -2.07. The molecule has 1 amide bonds. The number of aromatic nitrogens is 1. The second kappa shape index (κ2) is 9.45. The van der Waals surface area contributed by atoms with Crippen LogP contribution in [0.2, 0.25) is 5.02 Å². The third kappa shape index (κ3) is 6.33. The van der Waals surface area contributed by atoms with E-state index >= 15 is 0 Å². The number of carbonyl (C=O) groups excluding carboxylic acids is 1. The van der Waals surface area contributed by atoms with Crippen molar-refractivity contribution in [2.24, 2.45) is 0 Å². The maximum atomic E-state index is 13.3. The van der Waals surface area contributed by atoms with Gasteiger partial charge in [-0.05, 0) is 35.9 Å². The average molecular weight is 454 g/mol. The predicted octanol–water partition coefficient (Wildman–Crippen LogP) is 3.83. The first-order valence-corrected chi connectivity index (χ1v) is 11.2. The number of nitrogens with one attached hydrogen (secondary N) is 2. The topological polar surface area (TPSA) is 88.2 Å². The molecule has 1 heterocycles. The number of carbonyl (C=O) groups is 1. The number of halogens is 2. The van der Waals surface area contributed by atoms with Crippen molar-refractivity contribution in [2.45, 2.75) is 17.7 Å². The van der Waals surface area contributed by atoms with Crippen LogP contribution in [0.4, 0.5) is 9.52 Å². The van der Waals surface area contributed by atoms with Crippen LogP contribution < -0.4 is 10.0 Å². The Balaban J connectivity index is 1.49. The van der Waals surface area contributed by atoms with E-state index in [4.69, 9.17) is 11.6 Å². The van der Waals surface area contributed by atoms with E-state index in [2.05, 4.69) is 15.0 Å². The minimum atomic E-state index is -3.74. The van der Waals surface area contributed by atoms with Crippen molar-refractivity contribution in [3.63, 3.8) is 0 Å². The molecule has 152 valence electrons. The van der Waals surface area contributed by atoms with Crippen molar-refractivity contribution in [3.05, 3.63) is 76.0 Å². The van der Waals surface area contributed by atoms with Crippen LogP contribution >= 0.6 is 22.9 Å². The summed E-state index contributed by atoms with van der Waals surface area (Å²) in [5.74, 6) is -0.675. The molecule has 29 heavy (non-hydrogen) atoms. The molecular formula is C19H17ClFN3O3S2. The lowest BCUT2D eigenvalue weighted by molar-refractivity contribution is -0.116. The molecular weight excluding hydrogens is 437 g/mol. The quantitative estimate of drug-likeness (QED) is 0.542. The smallest absolute Gasteiger partial charge is 0.240 e. The van der Waals surface area contributed by atoms with Gasteiger partial charge in [-0.25, -0.2) is 22.5 Å². The zero-order valence-electron chi connectivity index (χ0n) is 15.1. The Bertz CT molecular complexity index is 1120. The van der Waals surface area contributed by atoms with Gasteiger partial charge in [0.1, 0.15) is 5.82 Å². The van der Waals surface area contributed by atoms with Gasteiger partial charge in [0, 0.05) is 35.5 Å². The third-order valence-electron chi connectivity index (χ3n) is 3.82. The summed E-state index contributed by atoms with van der Waals surface area (Å²) in [6.45, 7) is -0.0673. The second-order valence-electron chi connectivity index (χ2n) is 6.09. The summed E-state index contributed by atoms with van der Waals surface area (Å²) >= 11 is 7.09. The fourth-order valence-corrected chi connectivity index (χ4v) is 4.69. The van der Waals surface area contributed by atoms with Gasteiger partial charge < -0.3 is 5.32 Å². The minimum Gasteiger partial charge on any atom is -0.302 e. The first kappa shape index (κ1) is 21.4. The summed E-state index contributed by atoms with van der Waals surface area (Å²) in [6, 6.07) is 12.1. The number of hydrogen-bond donors (Lipinski definition) is 2. The highest BCUT2D eigenvalue weighted by molar-refractivity contribution is 7.89. The molecule has 0 unspecified atom stereocenters. The lowest BCUT2D eigenvalue weighted by Crippen LogP contribution is -2.27. The number of amides is 1. The highest BCUT2D eigenvalue weighted by Crippen LogP contribution is 2.21. The number of sulfonamides is 1. The highest BCUT2D eigenvalue weighted by atomic mass is 35.5. The van der Waals surface area contributed by atoms with Gasteiger partial charge >= 0.3 is 0 Å². The molecule has 0 aliphatic rings. The van der Waals surface area contributed by atoms with Crippen molar-refractivity contribution in [1.82, 2.24) is 9.71 Å². The molecule has 0 saturated carbocycles. The Morgan fingerprint density at radius 3 is 2.72 bits per heavy atom. The van der Waals surface area contributed by atoms with E-state index in [-0.39, 0.29) is 29.6 Å². The van der Waals surface area contributed by atoms with E-state index < -0.39 is 10.0 Å². The standard InChI is InChI=1S/C19H17ClFN3O3S2/c20-14-4-2-6-17(11-14)29(26,27)23-8-7-18(25)24-19-22-12-16(28-19)10-13-3-1-5-15(21)9-13/h1-6,9,11-12,23H,7-8,10H2,(H,22,24,25). The summed E-state index contributed by atoms with van der Waals surface area (Å²) in [5, 5.41) is 3.34. The predicted molar refractivity (Wildman–Crippen MR) is 111 cm³/mol. The minimum absolute atomic E-state index is 0.0346. The zero-order valence-corrected chi connectivity index (χ0v) is 17.5. The number of hydrogen-bond acceptors (Lipinski definition) is 5. The van der Waals surface area contributed by atoms with Gasteiger partial charge in [0.2, 0.25) is 15.9 Å². The summed E-state index contributed by atoms with van der Waals surface area (Å²) in [7, 11) is -3.74. The van der Waals surface area contributed by atoms with E-state index in [0.29, 0.717) is 16.6 Å². The third-order valence-corrected chi connectivity index (χ3v) is 6.42. The van der Waals surface area contributed by atoms with Crippen LogP contribution in [0, 0.1) is 5.82 Å². The van der Waals surface area contributed by atoms with Crippen LogP contribution in [0.1, 0.15) is 16.9 Å². The number of benzene rings is 2. The number of rotatable bonds is 8. The Morgan fingerprint density at radius 2 is 1.97 bits per heavy atom. The molecule has 0 radical (unpaired) electrons. The lowest BCUT2D eigenvalue weighted by atomic mass is 10.1. The molecule has 0 spiro atoms. The molecule has 3 rings (SSSR count). The summed E-state index contributed by atoms with van der Waals surface area (Å²) in [4.78, 5) is 17.1. The second-order valence-corrected chi connectivity index (χ2v) is 9.41. The van der Waals surface area contributed by atoms with Crippen LogP contribution in [-0.2, 0) is 21.2 Å². The van der Waals surface area contributed by atoms with Gasteiger partial charge in [0.25, 0.3) is 0 Å². The molecule has 0 aliphatic heterocycles. The Hall–Kier alpha value is -2.33. The molecule has 1 aromatic heterocycles. The first-order chi connectivity index (χ1) is 13.8. The van der Waals surface area contributed by atoms with Crippen LogP contribution in [0.15, 0.2) is 59.6 Å². The van der Waals surface area contributed by atoms with Crippen molar-refractivity contribution >= 4 is 44.0 Å². The SMILES string of the molecule is O=C(CCNS(=O)(=O)c1cccc(Cl)c1)Nc1ncc(Cc2cccc(F)c2)s1. The molecule has 10 heteroatoms. The molecule has 6 nitrogen and oxygen atoms in total. The number of anilines is 1. The van der Waals surface area contributed by atoms with Crippen LogP contribution in [0.3, 0.4) is 0 Å². The summed E-state index contributed by atoms with van der Waals surface area (Å²) < 4.78 is 40.0. The molecule has 3 aromatic rings. The van der Waals surface area contributed by atoms with E-state index in [1.807, 2.05) is 6.07 Å². The Morgan fingerprint density at radius 1 is 1.17 bits per heavy atom.